The van der Waals surface area contributed by atoms with Crippen molar-refractivity contribution in [1.29, 1.82) is 0 Å². The second kappa shape index (κ2) is 7.77. The summed E-state index contributed by atoms with van der Waals surface area (Å²) in [4.78, 5) is 12.3. The number of benzene rings is 1. The van der Waals surface area contributed by atoms with Crippen molar-refractivity contribution in [3.63, 3.8) is 0 Å². The van der Waals surface area contributed by atoms with E-state index in [2.05, 4.69) is 9.88 Å². The smallest absolute Gasteiger partial charge is 0.338 e. The molecule has 0 aliphatic rings. The van der Waals surface area contributed by atoms with Crippen LogP contribution >= 0.6 is 0 Å². The van der Waals surface area contributed by atoms with Crippen LogP contribution in [0.5, 0.6) is 0 Å². The van der Waals surface area contributed by atoms with E-state index in [-0.39, 0.29) is 23.6 Å². The van der Waals surface area contributed by atoms with Crippen LogP contribution < -0.4 is 4.72 Å². The molecule has 2 aromatic heterocycles. The van der Waals surface area contributed by atoms with E-state index in [1.807, 2.05) is 0 Å². The standard InChI is InChI=1S/C18H18N2O6S/c1-12-5-6-16(27(22,23)19-10-14-4-3-7-24-14)9-17(12)18(21)25-11-15-8-13(2)20-26-15/h3-9,19H,10-11H2,1-2H3. The molecule has 1 N–H and O–H groups in total. The third kappa shape index (κ3) is 4.63. The van der Waals surface area contributed by atoms with Crippen molar-refractivity contribution in [2.45, 2.75) is 31.9 Å². The van der Waals surface area contributed by atoms with Crippen LogP contribution in [0.15, 0.2) is 56.5 Å². The molecule has 3 aromatic rings. The lowest BCUT2D eigenvalue weighted by Crippen LogP contribution is -2.23. The van der Waals surface area contributed by atoms with E-state index in [1.165, 1.54) is 18.4 Å². The van der Waals surface area contributed by atoms with E-state index in [0.29, 0.717) is 22.8 Å². The largest absolute Gasteiger partial charge is 0.468 e. The van der Waals surface area contributed by atoms with E-state index in [0.717, 1.165) is 0 Å². The Morgan fingerprint density at radius 3 is 2.67 bits per heavy atom. The van der Waals surface area contributed by atoms with Gasteiger partial charge >= 0.3 is 5.97 Å². The van der Waals surface area contributed by atoms with Gasteiger partial charge < -0.3 is 13.7 Å². The summed E-state index contributed by atoms with van der Waals surface area (Å²) in [5, 5.41) is 3.71. The average Bonchev–Trinajstić information content (AvgIpc) is 3.30. The first kappa shape index (κ1) is 18.9. The summed E-state index contributed by atoms with van der Waals surface area (Å²) in [5.74, 6) is 0.236. The van der Waals surface area contributed by atoms with Crippen molar-refractivity contribution in [2.75, 3.05) is 0 Å². The fourth-order valence-electron chi connectivity index (χ4n) is 2.35. The number of carbonyl (C=O) groups is 1. The Hall–Kier alpha value is -2.91. The number of ether oxygens (including phenoxy) is 1. The first-order valence-corrected chi connectivity index (χ1v) is 9.55. The number of nitrogens with one attached hydrogen (secondary N) is 1. The van der Waals surface area contributed by atoms with Crippen LogP contribution in [0.1, 0.15) is 33.1 Å². The minimum atomic E-state index is -3.82. The number of hydrogen-bond donors (Lipinski definition) is 1. The van der Waals surface area contributed by atoms with Crippen molar-refractivity contribution < 1.29 is 26.9 Å². The maximum Gasteiger partial charge on any atom is 0.338 e. The molecule has 1 aromatic carbocycles. The number of aryl methyl sites for hydroxylation is 2. The molecule has 0 atom stereocenters. The molecule has 0 spiro atoms. The van der Waals surface area contributed by atoms with Crippen LogP contribution in [0.2, 0.25) is 0 Å². The zero-order valence-corrected chi connectivity index (χ0v) is 15.6. The van der Waals surface area contributed by atoms with Crippen molar-refractivity contribution in [1.82, 2.24) is 9.88 Å². The predicted molar refractivity (Wildman–Crippen MR) is 94.3 cm³/mol. The fourth-order valence-corrected chi connectivity index (χ4v) is 3.37. The third-order valence-electron chi connectivity index (χ3n) is 3.78. The molecule has 3 rings (SSSR count). The van der Waals surface area contributed by atoms with Crippen molar-refractivity contribution >= 4 is 16.0 Å². The van der Waals surface area contributed by atoms with Gasteiger partial charge in [-0.3, -0.25) is 0 Å². The Balaban J connectivity index is 1.73. The lowest BCUT2D eigenvalue weighted by molar-refractivity contribution is 0.0436. The number of furan rings is 1. The van der Waals surface area contributed by atoms with Crippen LogP contribution in [0.3, 0.4) is 0 Å². The summed E-state index contributed by atoms with van der Waals surface area (Å²) in [7, 11) is -3.82. The second-order valence-electron chi connectivity index (χ2n) is 5.89. The maximum atomic E-state index is 12.5. The molecule has 0 amide bonds. The van der Waals surface area contributed by atoms with E-state index < -0.39 is 16.0 Å². The van der Waals surface area contributed by atoms with Crippen molar-refractivity contribution in [3.05, 3.63) is 71.0 Å². The molecule has 0 aliphatic carbocycles. The summed E-state index contributed by atoms with van der Waals surface area (Å²) in [6.45, 7) is 3.37. The van der Waals surface area contributed by atoms with Crippen LogP contribution in [-0.2, 0) is 27.9 Å². The molecule has 0 unspecified atom stereocenters. The third-order valence-corrected chi connectivity index (χ3v) is 5.18. The molecule has 0 saturated carbocycles. The molecule has 0 radical (unpaired) electrons. The topological polar surface area (TPSA) is 112 Å². The van der Waals surface area contributed by atoms with Gasteiger partial charge in [0.05, 0.1) is 29.0 Å². The summed E-state index contributed by atoms with van der Waals surface area (Å²) >= 11 is 0. The van der Waals surface area contributed by atoms with Crippen molar-refractivity contribution in [3.8, 4) is 0 Å². The highest BCUT2D eigenvalue weighted by molar-refractivity contribution is 7.89. The van der Waals surface area contributed by atoms with Gasteiger partial charge in [0, 0.05) is 6.07 Å². The van der Waals surface area contributed by atoms with E-state index in [9.17, 15) is 13.2 Å². The second-order valence-corrected chi connectivity index (χ2v) is 7.66. The number of hydrogen-bond acceptors (Lipinski definition) is 7. The van der Waals surface area contributed by atoms with Gasteiger partial charge in [-0.2, -0.15) is 0 Å². The molecule has 0 bridgehead atoms. The number of aromatic nitrogens is 1. The molecule has 142 valence electrons. The van der Waals surface area contributed by atoms with Gasteiger partial charge in [-0.25, -0.2) is 17.9 Å². The Morgan fingerprint density at radius 1 is 1.19 bits per heavy atom. The van der Waals surface area contributed by atoms with Gasteiger partial charge in [-0.05, 0) is 43.7 Å². The van der Waals surface area contributed by atoms with Crippen LogP contribution in [0.25, 0.3) is 0 Å². The molecule has 0 saturated heterocycles. The van der Waals surface area contributed by atoms with Crippen LogP contribution in [0.4, 0.5) is 0 Å². The summed E-state index contributed by atoms with van der Waals surface area (Å²) < 4.78 is 42.6. The Kier molecular flexibility index (Phi) is 5.43. The quantitative estimate of drug-likeness (QED) is 0.617. The Labute approximate surface area is 156 Å². The summed E-state index contributed by atoms with van der Waals surface area (Å²) in [5.41, 5.74) is 1.43. The fraction of sp³-hybridized carbons (Fsp3) is 0.222. The van der Waals surface area contributed by atoms with E-state index in [1.54, 1.807) is 38.1 Å². The van der Waals surface area contributed by atoms with E-state index in [4.69, 9.17) is 13.7 Å². The maximum absolute atomic E-state index is 12.5. The van der Waals surface area contributed by atoms with Crippen molar-refractivity contribution in [2.24, 2.45) is 0 Å². The lowest BCUT2D eigenvalue weighted by Gasteiger charge is -2.10. The summed E-state index contributed by atoms with van der Waals surface area (Å²) in [6.07, 6.45) is 1.46. The number of carbonyl (C=O) groups excluding carboxylic acids is 1. The minimum absolute atomic E-state index is 0.00777. The molecule has 0 aliphatic heterocycles. The van der Waals surface area contributed by atoms with Gasteiger partial charge in [-0.1, -0.05) is 11.2 Å². The number of esters is 1. The normalized spacial score (nSPS) is 11.5. The zero-order chi connectivity index (χ0) is 19.4. The molecule has 27 heavy (non-hydrogen) atoms. The minimum Gasteiger partial charge on any atom is -0.468 e. The van der Waals surface area contributed by atoms with Gasteiger partial charge in [0.15, 0.2) is 12.4 Å². The van der Waals surface area contributed by atoms with E-state index >= 15 is 0 Å². The first-order chi connectivity index (χ1) is 12.8. The molecular weight excluding hydrogens is 372 g/mol. The SMILES string of the molecule is Cc1cc(COC(=O)c2cc(S(=O)(=O)NCc3ccco3)ccc2C)on1. The lowest BCUT2D eigenvalue weighted by atomic mass is 10.1. The first-order valence-electron chi connectivity index (χ1n) is 8.07. The van der Waals surface area contributed by atoms with Gasteiger partial charge in [0.25, 0.3) is 0 Å². The molecule has 8 nitrogen and oxygen atoms in total. The predicted octanol–water partition coefficient (Wildman–Crippen LogP) is 2.72. The monoisotopic (exact) mass is 390 g/mol. The highest BCUT2D eigenvalue weighted by atomic mass is 32.2. The molecule has 2 heterocycles. The molecule has 9 heteroatoms. The Morgan fingerprint density at radius 2 is 2.00 bits per heavy atom. The highest BCUT2D eigenvalue weighted by Gasteiger charge is 2.19. The highest BCUT2D eigenvalue weighted by Crippen LogP contribution is 2.18. The zero-order valence-electron chi connectivity index (χ0n) is 14.8. The van der Waals surface area contributed by atoms with Gasteiger partial charge in [-0.15, -0.1) is 0 Å². The number of sulfonamides is 1. The molecule has 0 fully saturated rings. The van der Waals surface area contributed by atoms with Gasteiger partial charge in [0.2, 0.25) is 10.0 Å². The Bertz CT molecular complexity index is 1040. The van der Waals surface area contributed by atoms with Gasteiger partial charge in [0.1, 0.15) is 5.76 Å². The molecular formula is C18H18N2O6S. The average molecular weight is 390 g/mol. The van der Waals surface area contributed by atoms with Crippen LogP contribution in [-0.4, -0.2) is 19.5 Å². The number of nitrogens with zero attached hydrogens (tertiary/aromatic N) is 1. The summed E-state index contributed by atoms with van der Waals surface area (Å²) in [6, 6.07) is 9.24. The number of rotatable bonds is 7. The van der Waals surface area contributed by atoms with Crippen LogP contribution in [0, 0.1) is 13.8 Å².